The number of likely N-dealkylation sites (tertiary alicyclic amines) is 1. The third kappa shape index (κ3) is 3.53. The van der Waals surface area contributed by atoms with Gasteiger partial charge in [-0.25, -0.2) is 0 Å². The number of fused-ring (bicyclic) bond motifs is 1. The summed E-state index contributed by atoms with van der Waals surface area (Å²) in [6.45, 7) is 4.39. The van der Waals surface area contributed by atoms with Crippen LogP contribution in [0.2, 0.25) is 0 Å². The molecule has 0 aromatic heterocycles. The van der Waals surface area contributed by atoms with E-state index in [1.165, 1.54) is 0 Å². The van der Waals surface area contributed by atoms with Crippen LogP contribution >= 0.6 is 11.8 Å². The molecule has 0 radical (unpaired) electrons. The van der Waals surface area contributed by atoms with Gasteiger partial charge in [-0.15, -0.1) is 11.8 Å². The molecule has 5 atom stereocenters. The highest BCUT2D eigenvalue weighted by molar-refractivity contribution is 8.02. The molecule has 0 saturated carbocycles. The summed E-state index contributed by atoms with van der Waals surface area (Å²) in [6.07, 6.45) is 2.79. The molecular weight excluding hydrogens is 414 g/mol. The molecule has 3 amide bonds. The summed E-state index contributed by atoms with van der Waals surface area (Å²) in [5, 5.41) is 15.1. The number of carbonyl (C=O) groups is 3. The zero-order valence-electron chi connectivity index (χ0n) is 18.3. The van der Waals surface area contributed by atoms with Crippen molar-refractivity contribution in [2.45, 2.75) is 55.6 Å². The van der Waals surface area contributed by atoms with Crippen LogP contribution in [0.1, 0.15) is 36.8 Å². The van der Waals surface area contributed by atoms with E-state index in [1.807, 2.05) is 32.0 Å². The summed E-state index contributed by atoms with van der Waals surface area (Å²) in [7, 11) is 1.61. The predicted molar refractivity (Wildman–Crippen MR) is 121 cm³/mol. The number of aliphatic hydroxyl groups is 1. The van der Waals surface area contributed by atoms with Crippen LogP contribution in [-0.4, -0.2) is 64.0 Å². The Kier molecular flexibility index (Phi) is 6.05. The highest BCUT2D eigenvalue weighted by Gasteiger charge is 2.73. The van der Waals surface area contributed by atoms with E-state index in [-0.39, 0.29) is 29.6 Å². The van der Waals surface area contributed by atoms with Gasteiger partial charge in [-0.1, -0.05) is 12.1 Å². The van der Waals surface area contributed by atoms with Crippen LogP contribution in [0.3, 0.4) is 0 Å². The van der Waals surface area contributed by atoms with E-state index in [0.717, 1.165) is 29.7 Å². The summed E-state index contributed by atoms with van der Waals surface area (Å²) in [4.78, 5) is 41.6. The van der Waals surface area contributed by atoms with Gasteiger partial charge in [0.25, 0.3) is 0 Å². The second-order valence-corrected chi connectivity index (χ2v) is 10.5. The fourth-order valence-electron chi connectivity index (χ4n) is 5.63. The van der Waals surface area contributed by atoms with Gasteiger partial charge in [-0.2, -0.15) is 0 Å². The molecule has 4 rings (SSSR count). The first-order chi connectivity index (χ1) is 14.8. The molecule has 3 aliphatic rings. The summed E-state index contributed by atoms with van der Waals surface area (Å²) in [5.74, 6) is -1.25. The number of nitrogens with zero attached hydrogens (tertiary/aromatic N) is 1. The van der Waals surface area contributed by atoms with E-state index < -0.39 is 22.6 Å². The molecule has 168 valence electrons. The fraction of sp³-hybridized carbons (Fsp3) is 0.609. The zero-order chi connectivity index (χ0) is 22.3. The smallest absolute Gasteiger partial charge is 0.248 e. The van der Waals surface area contributed by atoms with Crippen molar-refractivity contribution in [1.82, 2.24) is 10.2 Å². The number of hydrogen-bond donors (Lipinski definition) is 3. The van der Waals surface area contributed by atoms with Gasteiger partial charge >= 0.3 is 0 Å². The number of nitrogens with one attached hydrogen (secondary N) is 2. The Morgan fingerprint density at radius 3 is 2.74 bits per heavy atom. The van der Waals surface area contributed by atoms with Crippen molar-refractivity contribution in [3.8, 4) is 0 Å². The van der Waals surface area contributed by atoms with Crippen molar-refractivity contribution in [3.05, 3.63) is 29.3 Å². The van der Waals surface area contributed by atoms with Crippen LogP contribution in [0.15, 0.2) is 18.2 Å². The van der Waals surface area contributed by atoms with E-state index in [4.69, 9.17) is 0 Å². The molecule has 2 unspecified atom stereocenters. The van der Waals surface area contributed by atoms with Gasteiger partial charge < -0.3 is 20.6 Å². The number of amides is 3. The molecule has 8 heteroatoms. The number of carbonyl (C=O) groups excluding carboxylic acids is 3. The lowest BCUT2D eigenvalue weighted by molar-refractivity contribution is -0.139. The van der Waals surface area contributed by atoms with Crippen LogP contribution in [0.25, 0.3) is 0 Å². The van der Waals surface area contributed by atoms with Gasteiger partial charge in [-0.3, -0.25) is 14.4 Å². The average molecular weight is 446 g/mol. The van der Waals surface area contributed by atoms with Crippen molar-refractivity contribution < 1.29 is 19.5 Å². The molecule has 1 aromatic rings. The minimum atomic E-state index is -0.617. The Hall–Kier alpha value is -2.06. The largest absolute Gasteiger partial charge is 0.396 e. The molecular formula is C23H31N3O4S. The van der Waals surface area contributed by atoms with Gasteiger partial charge in [0.15, 0.2) is 0 Å². The molecule has 0 aliphatic carbocycles. The number of thioether (sulfide) groups is 1. The molecule has 2 bridgehead atoms. The van der Waals surface area contributed by atoms with Crippen LogP contribution < -0.4 is 10.6 Å². The van der Waals surface area contributed by atoms with Crippen molar-refractivity contribution in [1.29, 1.82) is 0 Å². The van der Waals surface area contributed by atoms with E-state index in [0.29, 0.717) is 19.4 Å². The number of benzene rings is 1. The number of aliphatic hydroxyl groups excluding tert-OH is 1. The van der Waals surface area contributed by atoms with E-state index >= 15 is 0 Å². The fourth-order valence-corrected chi connectivity index (χ4v) is 7.85. The second-order valence-electron chi connectivity index (χ2n) is 8.94. The van der Waals surface area contributed by atoms with Crippen LogP contribution in [0, 0.1) is 25.7 Å². The quantitative estimate of drug-likeness (QED) is 0.557. The van der Waals surface area contributed by atoms with Gasteiger partial charge in [0, 0.05) is 31.1 Å². The van der Waals surface area contributed by atoms with E-state index in [9.17, 15) is 19.5 Å². The lowest BCUT2D eigenvalue weighted by Gasteiger charge is -2.34. The molecule has 3 heterocycles. The summed E-state index contributed by atoms with van der Waals surface area (Å²) < 4.78 is -0.569. The molecule has 1 spiro atoms. The molecule has 3 aliphatic heterocycles. The monoisotopic (exact) mass is 445 g/mol. The number of rotatable bonds is 7. The third-order valence-electron chi connectivity index (χ3n) is 7.06. The summed E-state index contributed by atoms with van der Waals surface area (Å²) in [5.41, 5.74) is 2.78. The Labute approximate surface area is 187 Å². The Bertz CT molecular complexity index is 907. The van der Waals surface area contributed by atoms with Crippen molar-refractivity contribution in [2.75, 3.05) is 25.5 Å². The SMILES string of the molecule is CNC(=O)[C@@H]1[C@@H]2CCC3(S2)C(C(=O)Nc2cc(C)ccc2C)N(CCCCO)C(=O)[C@H]13. The first kappa shape index (κ1) is 22.1. The zero-order valence-corrected chi connectivity index (χ0v) is 19.1. The lowest BCUT2D eigenvalue weighted by Crippen LogP contribution is -2.51. The third-order valence-corrected chi connectivity index (χ3v) is 9.01. The average Bonchev–Trinajstić information content (AvgIpc) is 3.38. The maximum Gasteiger partial charge on any atom is 0.248 e. The normalized spacial score (nSPS) is 31.1. The van der Waals surface area contributed by atoms with Crippen molar-refractivity contribution >= 4 is 35.2 Å². The highest BCUT2D eigenvalue weighted by atomic mass is 32.2. The van der Waals surface area contributed by atoms with Crippen LogP contribution in [-0.2, 0) is 14.4 Å². The Morgan fingerprint density at radius 2 is 2.03 bits per heavy atom. The molecule has 3 N–H and O–H groups in total. The van der Waals surface area contributed by atoms with E-state index in [2.05, 4.69) is 10.6 Å². The molecule has 3 saturated heterocycles. The van der Waals surface area contributed by atoms with Gasteiger partial charge in [0.2, 0.25) is 17.7 Å². The molecule has 3 fully saturated rings. The second kappa shape index (κ2) is 8.47. The number of aryl methyl sites for hydroxylation is 2. The van der Waals surface area contributed by atoms with Gasteiger partial charge in [0.1, 0.15) is 6.04 Å². The maximum absolute atomic E-state index is 13.7. The number of unbranched alkanes of at least 4 members (excludes halogenated alkanes) is 1. The molecule has 1 aromatic carbocycles. The van der Waals surface area contributed by atoms with Crippen molar-refractivity contribution in [2.24, 2.45) is 11.8 Å². The molecule has 7 nitrogen and oxygen atoms in total. The highest BCUT2D eigenvalue weighted by Crippen LogP contribution is 2.66. The standard InChI is InChI=1S/C23H31N3O4S/c1-13-6-7-14(2)15(12-13)25-21(29)19-23-9-8-16(31-23)17(20(28)24-3)18(23)22(30)26(19)10-4-5-11-27/h6-7,12,16-19,27H,4-5,8-11H2,1-3H3,(H,24,28)(H,25,29)/t16-,17+,18-,19?,23?/m0/s1. The number of anilines is 1. The van der Waals surface area contributed by atoms with E-state index in [1.54, 1.807) is 23.7 Å². The number of hydrogen-bond acceptors (Lipinski definition) is 5. The summed E-state index contributed by atoms with van der Waals surface area (Å²) in [6, 6.07) is 5.31. The predicted octanol–water partition coefficient (Wildman–Crippen LogP) is 1.85. The Balaban J connectivity index is 1.69. The topological polar surface area (TPSA) is 98.7 Å². The van der Waals surface area contributed by atoms with Gasteiger partial charge in [-0.05, 0) is 56.7 Å². The molecule has 31 heavy (non-hydrogen) atoms. The maximum atomic E-state index is 13.7. The van der Waals surface area contributed by atoms with Crippen molar-refractivity contribution in [3.63, 3.8) is 0 Å². The van der Waals surface area contributed by atoms with Crippen LogP contribution in [0.4, 0.5) is 5.69 Å². The first-order valence-electron chi connectivity index (χ1n) is 11.0. The van der Waals surface area contributed by atoms with Crippen LogP contribution in [0.5, 0.6) is 0 Å². The Morgan fingerprint density at radius 1 is 1.26 bits per heavy atom. The lowest BCUT2D eigenvalue weighted by atomic mass is 9.70. The first-order valence-corrected chi connectivity index (χ1v) is 11.9. The van der Waals surface area contributed by atoms with Gasteiger partial charge in [0.05, 0.1) is 16.6 Å². The minimum absolute atomic E-state index is 0.0492. The summed E-state index contributed by atoms with van der Waals surface area (Å²) >= 11 is 1.67. The minimum Gasteiger partial charge on any atom is -0.396 e.